The van der Waals surface area contributed by atoms with Crippen LogP contribution in [0.5, 0.6) is 0 Å². The molecule has 1 amide bonds. The van der Waals surface area contributed by atoms with Crippen LogP contribution >= 0.6 is 0 Å². The van der Waals surface area contributed by atoms with Crippen molar-refractivity contribution >= 4 is 11.9 Å². The Bertz CT molecular complexity index is 577. The van der Waals surface area contributed by atoms with Crippen LogP contribution in [-0.2, 0) is 9.53 Å². The normalized spacial score (nSPS) is 20.1. The van der Waals surface area contributed by atoms with Gasteiger partial charge in [0.05, 0.1) is 26.9 Å². The van der Waals surface area contributed by atoms with E-state index in [1.165, 1.54) is 0 Å². The smallest absolute Gasteiger partial charge is 0.371 e. The highest BCUT2D eigenvalue weighted by molar-refractivity contribution is 5.96. The molecule has 0 saturated heterocycles. The molecule has 0 spiro atoms. The average molecular weight is 481 g/mol. The first-order valence-corrected chi connectivity index (χ1v) is 8.48. The molecule has 148 valence electrons. The van der Waals surface area contributed by atoms with E-state index in [0.29, 0.717) is 29.6 Å². The Morgan fingerprint density at radius 1 is 1.35 bits per heavy atom. The number of unbranched alkanes of at least 4 members (excludes halogenated alkanes) is 1. The summed E-state index contributed by atoms with van der Waals surface area (Å²) in [7, 11) is 1.67. The number of aliphatic imine (C=N–C) groups is 1. The number of allylic oxidation sites excluding steroid dienone is 1. The lowest BCUT2D eigenvalue weighted by molar-refractivity contribution is -0.696. The molecule has 1 atom stereocenters. The Morgan fingerprint density at radius 2 is 2.04 bits per heavy atom. The fourth-order valence-corrected chi connectivity index (χ4v) is 2.59. The third-order valence-electron chi connectivity index (χ3n) is 4.16. The molecule has 26 heavy (non-hydrogen) atoms. The predicted octanol–water partition coefficient (Wildman–Crippen LogP) is -5.21. The van der Waals surface area contributed by atoms with Crippen LogP contribution < -0.4 is 34.6 Å². The fraction of sp³-hybridized carbons (Fsp3) is 0.625. The van der Waals surface area contributed by atoms with Gasteiger partial charge in [0.2, 0.25) is 0 Å². The van der Waals surface area contributed by atoms with Crippen molar-refractivity contribution in [3.63, 3.8) is 0 Å². The van der Waals surface area contributed by atoms with Crippen molar-refractivity contribution < 1.29 is 48.6 Å². The number of nitrogens with two attached hydrogens (primary N) is 1. The van der Waals surface area contributed by atoms with Crippen LogP contribution in [0.1, 0.15) is 19.8 Å². The molecule has 9 nitrogen and oxygen atoms in total. The third-order valence-corrected chi connectivity index (χ3v) is 4.16. The van der Waals surface area contributed by atoms with Crippen molar-refractivity contribution in [2.75, 3.05) is 40.2 Å². The van der Waals surface area contributed by atoms with Gasteiger partial charge in [-0.3, -0.25) is 0 Å². The van der Waals surface area contributed by atoms with Gasteiger partial charge in [0.25, 0.3) is 0 Å². The van der Waals surface area contributed by atoms with Crippen LogP contribution in [0.2, 0.25) is 0 Å². The van der Waals surface area contributed by atoms with Crippen LogP contribution in [0.4, 0.5) is 0 Å². The highest BCUT2D eigenvalue weighted by atomic mass is 127. The number of rotatable bonds is 9. The number of guanidine groups is 1. The van der Waals surface area contributed by atoms with E-state index in [4.69, 9.17) is 20.7 Å². The summed E-state index contributed by atoms with van der Waals surface area (Å²) in [6, 6.07) is 0. The molecule has 2 aliphatic heterocycles. The monoisotopic (exact) mass is 481 g/mol. The van der Waals surface area contributed by atoms with E-state index in [1.54, 1.807) is 11.9 Å². The van der Waals surface area contributed by atoms with Crippen molar-refractivity contribution in [1.29, 1.82) is 0 Å². The second-order valence-electron chi connectivity index (χ2n) is 6.07. The number of carbonyl (C=O) groups excluding carboxylic acids is 1. The molecule has 5 N–H and O–H groups in total. The molecule has 0 aliphatic carbocycles. The molecule has 0 saturated carbocycles. The van der Waals surface area contributed by atoms with Gasteiger partial charge in [-0.25, -0.2) is 9.69 Å². The number of amides is 1. The number of aliphatic hydroxyl groups is 2. The van der Waals surface area contributed by atoms with Crippen LogP contribution in [0.25, 0.3) is 0 Å². The number of nitrogens with zero attached hydrogens (tertiary/aromatic N) is 3. The first-order valence-electron chi connectivity index (χ1n) is 8.48. The maximum atomic E-state index is 12.6. The Morgan fingerprint density at radius 3 is 2.65 bits per heavy atom. The Labute approximate surface area is 170 Å². The van der Waals surface area contributed by atoms with E-state index in [1.807, 2.05) is 11.0 Å². The Hall–Kier alpha value is -1.21. The largest absolute Gasteiger partial charge is 1.00 e. The lowest BCUT2D eigenvalue weighted by atomic mass is 10.3. The Kier molecular flexibility index (Phi) is 9.50. The molecular formula is C16H28IN5O4. The van der Waals surface area contributed by atoms with E-state index < -0.39 is 6.10 Å². The van der Waals surface area contributed by atoms with E-state index >= 15 is 0 Å². The molecule has 0 bridgehead atoms. The summed E-state index contributed by atoms with van der Waals surface area (Å²) < 4.78 is 5.48. The second kappa shape index (κ2) is 10.8. The summed E-state index contributed by atoms with van der Waals surface area (Å²) in [4.78, 5) is 21.1. The molecule has 1 unspecified atom stereocenters. The van der Waals surface area contributed by atoms with Crippen LogP contribution in [-0.4, -0.2) is 78.2 Å². The summed E-state index contributed by atoms with van der Waals surface area (Å²) in [5.41, 5.74) is 6.37. The molecule has 10 heteroatoms. The highest BCUT2D eigenvalue weighted by Gasteiger charge is 2.42. The van der Waals surface area contributed by atoms with E-state index in [0.717, 1.165) is 12.8 Å². The minimum atomic E-state index is -0.670. The summed E-state index contributed by atoms with van der Waals surface area (Å²) in [5.74, 6) is 0.555. The maximum Gasteiger partial charge on any atom is 0.371 e. The maximum absolute atomic E-state index is 12.6. The number of aliphatic hydroxyl groups excluding tert-OH is 2. The van der Waals surface area contributed by atoms with Crippen molar-refractivity contribution in [2.24, 2.45) is 10.7 Å². The molecule has 0 aromatic heterocycles. The highest BCUT2D eigenvalue weighted by Crippen LogP contribution is 2.25. The van der Waals surface area contributed by atoms with Gasteiger partial charge in [-0.15, -0.1) is 0 Å². The van der Waals surface area contributed by atoms with Gasteiger partial charge in [-0.2, -0.15) is 4.99 Å². The topological polar surface area (TPSA) is 116 Å². The number of ether oxygens (including phenoxy) is 1. The SMILES string of the molecule is CCCC=CCN1CN(COC(CO)CO)C2=C1C(=O)[NH+](C)C(N)=N2.[I-]. The van der Waals surface area contributed by atoms with Gasteiger partial charge in [-0.1, -0.05) is 25.5 Å². The van der Waals surface area contributed by atoms with Crippen molar-refractivity contribution in [3.8, 4) is 0 Å². The minimum absolute atomic E-state index is 0. The molecule has 2 rings (SSSR count). The average Bonchev–Trinajstić information content (AvgIpc) is 2.95. The summed E-state index contributed by atoms with van der Waals surface area (Å²) in [5, 5.41) is 18.3. The van der Waals surface area contributed by atoms with Gasteiger partial charge in [0, 0.05) is 6.54 Å². The molecule has 0 aromatic carbocycles. The molecule has 0 radical (unpaired) electrons. The summed E-state index contributed by atoms with van der Waals surface area (Å²) in [6.45, 7) is 2.67. The summed E-state index contributed by atoms with van der Waals surface area (Å²) in [6.07, 6.45) is 5.52. The zero-order valence-corrected chi connectivity index (χ0v) is 17.3. The number of hydrogen-bond donors (Lipinski definition) is 4. The molecule has 2 heterocycles. The van der Waals surface area contributed by atoms with Gasteiger partial charge in [0.15, 0.2) is 11.5 Å². The van der Waals surface area contributed by atoms with Gasteiger partial charge in [-0.05, 0) is 6.42 Å². The second-order valence-corrected chi connectivity index (χ2v) is 6.07. The van der Waals surface area contributed by atoms with Crippen LogP contribution in [0.15, 0.2) is 28.7 Å². The van der Waals surface area contributed by atoms with E-state index in [-0.39, 0.29) is 55.8 Å². The Balaban J connectivity index is 0.00000338. The minimum Gasteiger partial charge on any atom is -1.00 e. The zero-order valence-electron chi connectivity index (χ0n) is 15.2. The third kappa shape index (κ3) is 5.16. The van der Waals surface area contributed by atoms with Crippen LogP contribution in [0.3, 0.4) is 0 Å². The van der Waals surface area contributed by atoms with E-state index in [2.05, 4.69) is 18.0 Å². The molecule has 2 aliphatic rings. The van der Waals surface area contributed by atoms with Gasteiger partial charge >= 0.3 is 11.9 Å². The quantitative estimate of drug-likeness (QED) is 0.192. The zero-order chi connectivity index (χ0) is 18.4. The fourth-order valence-electron chi connectivity index (χ4n) is 2.59. The number of nitrogens with one attached hydrogen (secondary N) is 1. The number of carbonyl (C=O) groups is 1. The van der Waals surface area contributed by atoms with Crippen LogP contribution in [0, 0.1) is 0 Å². The van der Waals surface area contributed by atoms with Crippen molar-refractivity contribution in [2.45, 2.75) is 25.9 Å². The van der Waals surface area contributed by atoms with E-state index in [9.17, 15) is 4.79 Å². The van der Waals surface area contributed by atoms with Crippen molar-refractivity contribution in [1.82, 2.24) is 9.80 Å². The molecule has 0 aromatic rings. The first kappa shape index (κ1) is 22.8. The molecule has 0 fully saturated rings. The number of hydrogen-bond acceptors (Lipinski definition) is 8. The number of halogens is 1. The molecular weight excluding hydrogens is 453 g/mol. The lowest BCUT2D eigenvalue weighted by Gasteiger charge is -2.23. The predicted molar refractivity (Wildman–Crippen MR) is 91.9 cm³/mol. The standard InChI is InChI=1S/C16H27N5O4.HI/c1-3-4-5-6-7-20-10-21(11-25-12(8-22)9-23)14-13(20)15(24)19(2)16(17)18-14;/h5-6,12,22-23H,3-4,7-11H2,1-2H3,(H2,17,18);1H. The summed E-state index contributed by atoms with van der Waals surface area (Å²) >= 11 is 0. The van der Waals surface area contributed by atoms with Gasteiger partial charge in [0.1, 0.15) is 12.8 Å². The first-order chi connectivity index (χ1) is 12.0. The number of quaternary nitrogens is 1. The lowest BCUT2D eigenvalue weighted by Crippen LogP contribution is -3.16. The van der Waals surface area contributed by atoms with Crippen molar-refractivity contribution in [3.05, 3.63) is 23.7 Å². The van der Waals surface area contributed by atoms with Gasteiger partial charge < -0.3 is 54.5 Å². The number of likely N-dealkylation sites (N-methyl/N-ethyl adjacent to an activating group) is 1.